The molecule has 0 radical (unpaired) electrons. The minimum atomic E-state index is -0.0580. The summed E-state index contributed by atoms with van der Waals surface area (Å²) in [5.41, 5.74) is 2.84. The summed E-state index contributed by atoms with van der Waals surface area (Å²) in [5, 5.41) is 3.50. The summed E-state index contributed by atoms with van der Waals surface area (Å²) in [5.74, 6) is 0.540. The summed E-state index contributed by atoms with van der Waals surface area (Å²) in [6.07, 6.45) is 1.14. The van der Waals surface area contributed by atoms with Gasteiger partial charge in [0.2, 0.25) is 5.91 Å². The molecule has 1 amide bonds. The first-order valence-electron chi connectivity index (χ1n) is 6.36. The summed E-state index contributed by atoms with van der Waals surface area (Å²) in [4.78, 5) is 11.9. The highest BCUT2D eigenvalue weighted by atomic mass is 35.5. The van der Waals surface area contributed by atoms with E-state index in [-0.39, 0.29) is 5.91 Å². The van der Waals surface area contributed by atoms with Gasteiger partial charge in [0.25, 0.3) is 0 Å². The Kier molecular flexibility index (Phi) is 5.45. The van der Waals surface area contributed by atoms with Crippen LogP contribution in [0.1, 0.15) is 11.1 Å². The van der Waals surface area contributed by atoms with Crippen molar-refractivity contribution in [2.75, 3.05) is 11.2 Å². The largest absolute Gasteiger partial charge is 0.326 e. The number of alkyl halides is 1. The molecule has 0 aromatic heterocycles. The predicted octanol–water partition coefficient (Wildman–Crippen LogP) is 4.30. The second-order valence-corrected chi connectivity index (χ2v) is 5.31. The van der Waals surface area contributed by atoms with Crippen molar-refractivity contribution in [3.63, 3.8) is 0 Å². The van der Waals surface area contributed by atoms with Crippen molar-refractivity contribution in [3.05, 3.63) is 64.7 Å². The zero-order valence-electron chi connectivity index (χ0n) is 10.9. The van der Waals surface area contributed by atoms with E-state index in [9.17, 15) is 4.79 Å². The van der Waals surface area contributed by atoms with Gasteiger partial charge in [0.1, 0.15) is 0 Å². The highest BCUT2D eigenvalue weighted by Gasteiger charge is 2.04. The van der Waals surface area contributed by atoms with Crippen molar-refractivity contribution in [2.45, 2.75) is 12.8 Å². The molecule has 0 spiro atoms. The van der Waals surface area contributed by atoms with Crippen molar-refractivity contribution in [1.82, 2.24) is 0 Å². The van der Waals surface area contributed by atoms with Crippen LogP contribution in [0.25, 0.3) is 0 Å². The van der Waals surface area contributed by atoms with E-state index in [0.29, 0.717) is 17.3 Å². The normalized spacial score (nSPS) is 10.3. The molecule has 0 saturated carbocycles. The molecular weight excluding hydrogens is 293 g/mol. The number of carbonyl (C=O) groups is 1. The molecule has 2 nitrogen and oxygen atoms in total. The topological polar surface area (TPSA) is 29.1 Å². The quantitative estimate of drug-likeness (QED) is 0.820. The Bertz CT molecular complexity index is 581. The van der Waals surface area contributed by atoms with Crippen LogP contribution in [0.5, 0.6) is 0 Å². The van der Waals surface area contributed by atoms with Crippen LogP contribution in [0.2, 0.25) is 5.02 Å². The lowest BCUT2D eigenvalue weighted by molar-refractivity contribution is -0.115. The maximum absolute atomic E-state index is 11.9. The van der Waals surface area contributed by atoms with Gasteiger partial charge in [0.15, 0.2) is 0 Å². The van der Waals surface area contributed by atoms with Crippen LogP contribution in [0.4, 0.5) is 5.69 Å². The molecule has 0 heterocycles. The molecule has 4 heteroatoms. The summed E-state index contributed by atoms with van der Waals surface area (Å²) in [7, 11) is 0. The van der Waals surface area contributed by atoms with Crippen LogP contribution >= 0.6 is 23.2 Å². The minimum Gasteiger partial charge on any atom is -0.326 e. The van der Waals surface area contributed by atoms with Gasteiger partial charge in [-0.15, -0.1) is 11.6 Å². The van der Waals surface area contributed by atoms with Crippen molar-refractivity contribution < 1.29 is 4.79 Å². The number of rotatable bonds is 5. The first kappa shape index (κ1) is 14.9. The van der Waals surface area contributed by atoms with Gasteiger partial charge >= 0.3 is 0 Å². The Hall–Kier alpha value is -1.51. The number of anilines is 1. The van der Waals surface area contributed by atoms with Crippen LogP contribution in [0.3, 0.4) is 0 Å². The number of aryl methyl sites for hydroxylation is 1. The Labute approximate surface area is 128 Å². The average Bonchev–Trinajstić information content (AvgIpc) is 2.41. The first-order chi connectivity index (χ1) is 9.67. The van der Waals surface area contributed by atoms with Crippen LogP contribution < -0.4 is 5.32 Å². The Morgan fingerprint density at radius 3 is 2.45 bits per heavy atom. The summed E-state index contributed by atoms with van der Waals surface area (Å²) < 4.78 is 0. The van der Waals surface area contributed by atoms with E-state index in [0.717, 1.165) is 23.2 Å². The fraction of sp³-hybridized carbons (Fsp3) is 0.188. The lowest BCUT2D eigenvalue weighted by Crippen LogP contribution is -2.14. The van der Waals surface area contributed by atoms with Gasteiger partial charge < -0.3 is 5.32 Å². The number of halogens is 2. The molecule has 2 aromatic rings. The van der Waals surface area contributed by atoms with Crippen molar-refractivity contribution >= 4 is 34.8 Å². The van der Waals surface area contributed by atoms with Crippen LogP contribution in [0.15, 0.2) is 48.5 Å². The zero-order valence-corrected chi connectivity index (χ0v) is 12.4. The number of benzene rings is 2. The van der Waals surface area contributed by atoms with Gasteiger partial charge in [-0.3, -0.25) is 4.79 Å². The SMILES string of the molecule is O=C(Cc1cccc(Cl)c1)Nc1ccc(CCCl)cc1. The smallest absolute Gasteiger partial charge is 0.228 e. The summed E-state index contributed by atoms with van der Waals surface area (Å²) in [6.45, 7) is 0. The predicted molar refractivity (Wildman–Crippen MR) is 84.7 cm³/mol. The molecule has 0 aliphatic rings. The molecule has 0 bridgehead atoms. The van der Waals surface area contributed by atoms with E-state index >= 15 is 0 Å². The Morgan fingerprint density at radius 1 is 1.05 bits per heavy atom. The highest BCUT2D eigenvalue weighted by molar-refractivity contribution is 6.30. The van der Waals surface area contributed by atoms with E-state index in [1.165, 1.54) is 0 Å². The van der Waals surface area contributed by atoms with Gasteiger partial charge in [-0.05, 0) is 41.8 Å². The Morgan fingerprint density at radius 2 is 1.80 bits per heavy atom. The molecule has 1 N–H and O–H groups in total. The molecule has 104 valence electrons. The molecule has 0 atom stereocenters. The number of carbonyl (C=O) groups excluding carboxylic acids is 1. The second-order valence-electron chi connectivity index (χ2n) is 4.49. The van der Waals surface area contributed by atoms with Crippen LogP contribution in [-0.4, -0.2) is 11.8 Å². The van der Waals surface area contributed by atoms with Gasteiger partial charge in [-0.2, -0.15) is 0 Å². The second kappa shape index (κ2) is 7.32. The van der Waals surface area contributed by atoms with Gasteiger partial charge in [-0.25, -0.2) is 0 Å². The lowest BCUT2D eigenvalue weighted by atomic mass is 10.1. The van der Waals surface area contributed by atoms with E-state index < -0.39 is 0 Å². The number of hydrogen-bond acceptors (Lipinski definition) is 1. The summed E-state index contributed by atoms with van der Waals surface area (Å²) >= 11 is 11.6. The third kappa shape index (κ3) is 4.55. The summed E-state index contributed by atoms with van der Waals surface area (Å²) in [6, 6.07) is 15.0. The average molecular weight is 308 g/mol. The first-order valence-corrected chi connectivity index (χ1v) is 7.28. The van der Waals surface area contributed by atoms with Gasteiger partial charge in [0, 0.05) is 16.6 Å². The molecule has 2 rings (SSSR count). The number of nitrogens with one attached hydrogen (secondary N) is 1. The molecular formula is C16H15Cl2NO. The molecule has 0 fully saturated rings. The molecule has 0 aliphatic heterocycles. The molecule has 0 aliphatic carbocycles. The highest BCUT2D eigenvalue weighted by Crippen LogP contribution is 2.13. The van der Waals surface area contributed by atoms with E-state index in [1.54, 1.807) is 12.1 Å². The van der Waals surface area contributed by atoms with Gasteiger partial charge in [0.05, 0.1) is 6.42 Å². The van der Waals surface area contributed by atoms with Crippen molar-refractivity contribution in [3.8, 4) is 0 Å². The maximum atomic E-state index is 11.9. The molecule has 20 heavy (non-hydrogen) atoms. The zero-order chi connectivity index (χ0) is 14.4. The Balaban J connectivity index is 1.94. The van der Waals surface area contributed by atoms with Crippen LogP contribution in [0, 0.1) is 0 Å². The number of amides is 1. The molecule has 2 aromatic carbocycles. The lowest BCUT2D eigenvalue weighted by Gasteiger charge is -2.06. The fourth-order valence-electron chi connectivity index (χ4n) is 1.90. The van der Waals surface area contributed by atoms with Crippen molar-refractivity contribution in [1.29, 1.82) is 0 Å². The van der Waals surface area contributed by atoms with E-state index in [4.69, 9.17) is 23.2 Å². The number of hydrogen-bond donors (Lipinski definition) is 1. The maximum Gasteiger partial charge on any atom is 0.228 e. The van der Waals surface area contributed by atoms with Gasteiger partial charge in [-0.1, -0.05) is 35.9 Å². The standard InChI is InChI=1S/C16H15Cl2NO/c17-9-8-12-4-6-15(7-5-12)19-16(20)11-13-2-1-3-14(18)10-13/h1-7,10H,8-9,11H2,(H,19,20). The van der Waals surface area contributed by atoms with E-state index in [2.05, 4.69) is 5.32 Å². The third-order valence-electron chi connectivity index (χ3n) is 2.87. The van der Waals surface area contributed by atoms with E-state index in [1.807, 2.05) is 36.4 Å². The molecule has 0 unspecified atom stereocenters. The monoisotopic (exact) mass is 307 g/mol. The van der Waals surface area contributed by atoms with Crippen LogP contribution in [-0.2, 0) is 17.6 Å². The third-order valence-corrected chi connectivity index (χ3v) is 3.30. The van der Waals surface area contributed by atoms with Crippen molar-refractivity contribution in [2.24, 2.45) is 0 Å². The minimum absolute atomic E-state index is 0.0580. The fourth-order valence-corrected chi connectivity index (χ4v) is 2.33. The molecule has 0 saturated heterocycles.